The summed E-state index contributed by atoms with van der Waals surface area (Å²) in [7, 11) is 0. The molecular weight excluding hydrogens is 241 g/mol. The second kappa shape index (κ2) is 4.67. The minimum atomic E-state index is -0.219. The summed E-state index contributed by atoms with van der Waals surface area (Å²) in [5, 5.41) is 9.51. The average Bonchev–Trinajstić information content (AvgIpc) is 2.81. The minimum Gasteiger partial charge on any atom is -0.392 e. The van der Waals surface area contributed by atoms with Crippen LogP contribution in [0.5, 0.6) is 0 Å². The van der Waals surface area contributed by atoms with Crippen LogP contribution in [0.2, 0.25) is 0 Å². The number of hydrogen-bond donors (Lipinski definition) is 1. The van der Waals surface area contributed by atoms with E-state index in [-0.39, 0.29) is 12.4 Å². The number of aliphatic hydroxyl groups excluding tert-OH is 1. The van der Waals surface area contributed by atoms with E-state index < -0.39 is 0 Å². The number of rotatable bonds is 2. The highest BCUT2D eigenvalue weighted by Crippen LogP contribution is 2.37. The summed E-state index contributed by atoms with van der Waals surface area (Å²) >= 11 is 0. The molecule has 2 aromatic rings. The van der Waals surface area contributed by atoms with Crippen molar-refractivity contribution in [1.82, 2.24) is 0 Å². The van der Waals surface area contributed by atoms with Crippen molar-refractivity contribution >= 4 is 11.4 Å². The standard InChI is InChI=1S/C16H16FNO/c1-11-2-5-15(13(8-11)10-19)18-7-6-12-3-4-14(17)9-16(12)18/h2-5,8-9,19H,6-7,10H2,1H3. The molecule has 0 atom stereocenters. The van der Waals surface area contributed by atoms with E-state index in [1.807, 2.05) is 31.2 Å². The highest BCUT2D eigenvalue weighted by molar-refractivity contribution is 5.72. The highest BCUT2D eigenvalue weighted by Gasteiger charge is 2.22. The molecule has 2 aromatic carbocycles. The van der Waals surface area contributed by atoms with Gasteiger partial charge < -0.3 is 10.0 Å². The third-order valence-electron chi connectivity index (χ3n) is 3.64. The molecule has 0 saturated heterocycles. The molecule has 0 spiro atoms. The molecule has 1 N–H and O–H groups in total. The number of benzene rings is 2. The fourth-order valence-electron chi connectivity index (χ4n) is 2.71. The Balaban J connectivity index is 2.08. The van der Waals surface area contributed by atoms with E-state index in [0.717, 1.165) is 41.0 Å². The Labute approximate surface area is 112 Å². The smallest absolute Gasteiger partial charge is 0.125 e. The number of aryl methyl sites for hydroxylation is 1. The van der Waals surface area contributed by atoms with Gasteiger partial charge >= 0.3 is 0 Å². The summed E-state index contributed by atoms with van der Waals surface area (Å²) in [6.45, 7) is 2.83. The fraction of sp³-hybridized carbons (Fsp3) is 0.250. The normalized spacial score (nSPS) is 13.7. The van der Waals surface area contributed by atoms with Gasteiger partial charge in [-0.05, 0) is 37.1 Å². The fourth-order valence-corrected chi connectivity index (χ4v) is 2.71. The zero-order chi connectivity index (χ0) is 13.4. The van der Waals surface area contributed by atoms with Crippen LogP contribution in [0.15, 0.2) is 36.4 Å². The number of aliphatic hydroxyl groups is 1. The van der Waals surface area contributed by atoms with Crippen LogP contribution in [-0.2, 0) is 13.0 Å². The number of hydrogen-bond acceptors (Lipinski definition) is 2. The molecule has 1 aliphatic rings. The Hall–Kier alpha value is -1.87. The predicted molar refractivity (Wildman–Crippen MR) is 74.2 cm³/mol. The van der Waals surface area contributed by atoms with Crippen molar-refractivity contribution in [1.29, 1.82) is 0 Å². The van der Waals surface area contributed by atoms with E-state index in [0.29, 0.717) is 0 Å². The van der Waals surface area contributed by atoms with Crippen molar-refractivity contribution in [2.24, 2.45) is 0 Å². The van der Waals surface area contributed by atoms with Crippen LogP contribution in [-0.4, -0.2) is 11.7 Å². The number of anilines is 2. The maximum atomic E-state index is 13.4. The third kappa shape index (κ3) is 2.10. The number of fused-ring (bicyclic) bond motifs is 1. The molecule has 0 fully saturated rings. The largest absolute Gasteiger partial charge is 0.392 e. The second-order valence-corrected chi connectivity index (χ2v) is 4.96. The highest BCUT2D eigenvalue weighted by atomic mass is 19.1. The number of nitrogens with zero attached hydrogens (tertiary/aromatic N) is 1. The van der Waals surface area contributed by atoms with Crippen molar-refractivity contribution in [3.05, 3.63) is 58.9 Å². The van der Waals surface area contributed by atoms with Gasteiger partial charge in [0.2, 0.25) is 0 Å². The van der Waals surface area contributed by atoms with Crippen LogP contribution in [0, 0.1) is 12.7 Å². The lowest BCUT2D eigenvalue weighted by molar-refractivity contribution is 0.282. The minimum absolute atomic E-state index is 0.00182. The lowest BCUT2D eigenvalue weighted by atomic mass is 10.1. The van der Waals surface area contributed by atoms with Gasteiger partial charge in [0.05, 0.1) is 6.61 Å². The third-order valence-corrected chi connectivity index (χ3v) is 3.64. The molecule has 3 heteroatoms. The Morgan fingerprint density at radius 2 is 2.00 bits per heavy atom. The molecule has 3 rings (SSSR count). The summed E-state index contributed by atoms with van der Waals surface area (Å²) in [6.07, 6.45) is 0.911. The van der Waals surface area contributed by atoms with Gasteiger partial charge in [0.25, 0.3) is 0 Å². The summed E-state index contributed by atoms with van der Waals surface area (Å²) in [4.78, 5) is 2.09. The zero-order valence-corrected chi connectivity index (χ0v) is 10.9. The zero-order valence-electron chi connectivity index (χ0n) is 10.9. The van der Waals surface area contributed by atoms with Crippen molar-refractivity contribution in [2.75, 3.05) is 11.4 Å². The van der Waals surface area contributed by atoms with E-state index in [4.69, 9.17) is 0 Å². The van der Waals surface area contributed by atoms with Crippen LogP contribution in [0.25, 0.3) is 0 Å². The second-order valence-electron chi connectivity index (χ2n) is 4.96. The number of halogens is 1. The molecule has 0 bridgehead atoms. The SMILES string of the molecule is Cc1ccc(N2CCc3ccc(F)cc32)c(CO)c1. The Bertz CT molecular complexity index is 624. The van der Waals surface area contributed by atoms with Gasteiger partial charge in [-0.2, -0.15) is 0 Å². The van der Waals surface area contributed by atoms with Gasteiger partial charge in [-0.15, -0.1) is 0 Å². The van der Waals surface area contributed by atoms with Crippen LogP contribution >= 0.6 is 0 Å². The molecule has 19 heavy (non-hydrogen) atoms. The molecule has 0 saturated carbocycles. The Morgan fingerprint density at radius 1 is 1.16 bits per heavy atom. The summed E-state index contributed by atoms with van der Waals surface area (Å²) in [6, 6.07) is 10.9. The van der Waals surface area contributed by atoms with Gasteiger partial charge in [-0.3, -0.25) is 0 Å². The molecule has 2 nitrogen and oxygen atoms in total. The van der Waals surface area contributed by atoms with Gasteiger partial charge in [0.15, 0.2) is 0 Å². The molecule has 0 amide bonds. The maximum absolute atomic E-state index is 13.4. The Morgan fingerprint density at radius 3 is 2.79 bits per heavy atom. The molecular formula is C16H16FNO. The first-order chi connectivity index (χ1) is 9.19. The molecule has 0 aliphatic carbocycles. The molecule has 1 heterocycles. The van der Waals surface area contributed by atoms with E-state index in [1.165, 1.54) is 6.07 Å². The average molecular weight is 257 g/mol. The van der Waals surface area contributed by atoms with Crippen LogP contribution < -0.4 is 4.90 Å². The van der Waals surface area contributed by atoms with E-state index in [1.54, 1.807) is 6.07 Å². The van der Waals surface area contributed by atoms with E-state index in [9.17, 15) is 9.50 Å². The first kappa shape index (κ1) is 12.2. The quantitative estimate of drug-likeness (QED) is 0.892. The van der Waals surface area contributed by atoms with Crippen LogP contribution in [0.4, 0.5) is 15.8 Å². The molecule has 0 unspecified atom stereocenters. The van der Waals surface area contributed by atoms with E-state index in [2.05, 4.69) is 4.90 Å². The van der Waals surface area contributed by atoms with E-state index >= 15 is 0 Å². The van der Waals surface area contributed by atoms with Crippen LogP contribution in [0.3, 0.4) is 0 Å². The monoisotopic (exact) mass is 257 g/mol. The maximum Gasteiger partial charge on any atom is 0.125 e. The van der Waals surface area contributed by atoms with Crippen molar-refractivity contribution < 1.29 is 9.50 Å². The first-order valence-electron chi connectivity index (χ1n) is 6.45. The lowest BCUT2D eigenvalue weighted by Gasteiger charge is -2.22. The molecule has 0 aromatic heterocycles. The van der Waals surface area contributed by atoms with Gasteiger partial charge in [0, 0.05) is 23.5 Å². The topological polar surface area (TPSA) is 23.5 Å². The first-order valence-corrected chi connectivity index (χ1v) is 6.45. The molecule has 1 aliphatic heterocycles. The summed E-state index contributed by atoms with van der Waals surface area (Å²) < 4.78 is 13.4. The van der Waals surface area contributed by atoms with Crippen molar-refractivity contribution in [3.63, 3.8) is 0 Å². The predicted octanol–water partition coefficient (Wildman–Crippen LogP) is 3.32. The summed E-state index contributed by atoms with van der Waals surface area (Å²) in [5.74, 6) is -0.219. The van der Waals surface area contributed by atoms with Gasteiger partial charge in [-0.1, -0.05) is 23.8 Å². The molecule has 0 radical (unpaired) electrons. The summed E-state index contributed by atoms with van der Waals surface area (Å²) in [5.41, 5.74) is 5.05. The van der Waals surface area contributed by atoms with Gasteiger partial charge in [0.1, 0.15) is 5.82 Å². The van der Waals surface area contributed by atoms with Crippen molar-refractivity contribution in [2.45, 2.75) is 20.0 Å². The lowest BCUT2D eigenvalue weighted by Crippen LogP contribution is -2.15. The Kier molecular flexibility index (Phi) is 2.99. The van der Waals surface area contributed by atoms with Gasteiger partial charge in [-0.25, -0.2) is 4.39 Å². The van der Waals surface area contributed by atoms with Crippen molar-refractivity contribution in [3.8, 4) is 0 Å². The molecule has 98 valence electrons. The van der Waals surface area contributed by atoms with Crippen LogP contribution in [0.1, 0.15) is 16.7 Å².